The molecule has 8 aromatic rings. The first-order valence-electron chi connectivity index (χ1n) is 14.4. The zero-order valence-corrected chi connectivity index (χ0v) is 22.6. The van der Waals surface area contributed by atoms with E-state index in [0.717, 1.165) is 6.42 Å². The van der Waals surface area contributed by atoms with Gasteiger partial charge >= 0.3 is 0 Å². The Balaban J connectivity index is 1.14. The predicted octanol–water partition coefficient (Wildman–Crippen LogP) is 11.2. The van der Waals surface area contributed by atoms with Crippen LogP contribution < -0.4 is 0 Å². The van der Waals surface area contributed by atoms with E-state index in [1.54, 1.807) is 0 Å². The Morgan fingerprint density at radius 3 is 1.88 bits per heavy atom. The molecule has 0 N–H and O–H groups in total. The lowest BCUT2D eigenvalue weighted by Gasteiger charge is -2.22. The molecule has 0 fully saturated rings. The molecular formula is C41H26. The summed E-state index contributed by atoms with van der Waals surface area (Å²) in [6, 6.07) is 54.1. The van der Waals surface area contributed by atoms with Crippen molar-refractivity contribution in [2.45, 2.75) is 6.42 Å². The third kappa shape index (κ3) is 3.47. The molecule has 0 atom stereocenters. The summed E-state index contributed by atoms with van der Waals surface area (Å²) in [5.74, 6) is 0. The Bertz CT molecular complexity index is 2340. The molecule has 1 aliphatic rings. The largest absolute Gasteiger partial charge is 0.0619 e. The fraction of sp³-hybridized carbons (Fsp3) is 0.0244. The molecule has 0 spiro atoms. The zero-order valence-electron chi connectivity index (χ0n) is 22.6. The van der Waals surface area contributed by atoms with Crippen molar-refractivity contribution in [1.29, 1.82) is 0 Å². The lowest BCUT2D eigenvalue weighted by molar-refractivity contribution is 1.20. The maximum absolute atomic E-state index is 2.35. The van der Waals surface area contributed by atoms with Gasteiger partial charge in [-0.3, -0.25) is 0 Å². The van der Waals surface area contributed by atoms with Gasteiger partial charge < -0.3 is 0 Å². The molecule has 0 aromatic heterocycles. The van der Waals surface area contributed by atoms with Crippen LogP contribution in [0.1, 0.15) is 11.1 Å². The van der Waals surface area contributed by atoms with Gasteiger partial charge in [0.25, 0.3) is 0 Å². The molecule has 0 bridgehead atoms. The summed E-state index contributed by atoms with van der Waals surface area (Å²) in [5.41, 5.74) is 10.6. The van der Waals surface area contributed by atoms with E-state index in [2.05, 4.69) is 146 Å². The summed E-state index contributed by atoms with van der Waals surface area (Å²) in [5, 5.41) is 10.5. The summed E-state index contributed by atoms with van der Waals surface area (Å²) < 4.78 is 0. The summed E-state index contributed by atoms with van der Waals surface area (Å²) >= 11 is 0. The van der Waals surface area contributed by atoms with Crippen LogP contribution in [-0.2, 0) is 6.42 Å². The molecule has 0 nitrogen and oxygen atoms in total. The van der Waals surface area contributed by atoms with Gasteiger partial charge in [-0.05, 0) is 112 Å². The second-order valence-electron chi connectivity index (χ2n) is 11.3. The van der Waals surface area contributed by atoms with Gasteiger partial charge in [0, 0.05) is 0 Å². The van der Waals surface area contributed by atoms with Gasteiger partial charge in [-0.1, -0.05) is 127 Å². The Kier molecular flexibility index (Phi) is 4.77. The molecule has 0 heterocycles. The molecule has 0 unspecified atom stereocenters. The van der Waals surface area contributed by atoms with Gasteiger partial charge in [-0.15, -0.1) is 0 Å². The molecular weight excluding hydrogens is 492 g/mol. The van der Waals surface area contributed by atoms with E-state index in [0.29, 0.717) is 0 Å². The maximum atomic E-state index is 2.35. The first-order valence-corrected chi connectivity index (χ1v) is 14.4. The standard InChI is InChI=1S/C41H26/c1-3-8-35-26(6-1)12-16-32-24-30(18-20-37(32)35)27-13-14-29-23-33(17-15-28(29)22-27)38-21-19-34-25-31-7-2-4-9-36(31)39-10-5-11-40(38)41(34)39/h1-24H,25H2. The molecule has 1 aliphatic carbocycles. The first kappa shape index (κ1) is 22.6. The van der Waals surface area contributed by atoms with Crippen LogP contribution in [0.25, 0.3) is 76.5 Å². The van der Waals surface area contributed by atoms with Crippen molar-refractivity contribution in [2.75, 3.05) is 0 Å². The minimum absolute atomic E-state index is 0.995. The van der Waals surface area contributed by atoms with Gasteiger partial charge in [-0.2, -0.15) is 0 Å². The molecule has 41 heavy (non-hydrogen) atoms. The van der Waals surface area contributed by atoms with Crippen LogP contribution >= 0.6 is 0 Å². The van der Waals surface area contributed by atoms with E-state index in [-0.39, 0.29) is 0 Å². The van der Waals surface area contributed by atoms with Crippen molar-refractivity contribution in [3.05, 3.63) is 157 Å². The summed E-state index contributed by atoms with van der Waals surface area (Å²) in [6.07, 6.45) is 0.995. The molecule has 0 aliphatic heterocycles. The number of benzene rings is 8. The maximum Gasteiger partial charge on any atom is -0.00132 e. The van der Waals surface area contributed by atoms with E-state index in [1.165, 1.54) is 87.6 Å². The second-order valence-corrected chi connectivity index (χ2v) is 11.3. The second kappa shape index (κ2) is 8.65. The van der Waals surface area contributed by atoms with E-state index in [4.69, 9.17) is 0 Å². The number of hydrogen-bond donors (Lipinski definition) is 0. The third-order valence-corrected chi connectivity index (χ3v) is 9.04. The van der Waals surface area contributed by atoms with Crippen LogP contribution in [0.15, 0.2) is 146 Å². The van der Waals surface area contributed by atoms with Crippen LogP contribution in [-0.4, -0.2) is 0 Å². The molecule has 190 valence electrons. The monoisotopic (exact) mass is 518 g/mol. The number of rotatable bonds is 2. The lowest BCUT2D eigenvalue weighted by Crippen LogP contribution is -2.01. The molecule has 0 radical (unpaired) electrons. The topological polar surface area (TPSA) is 0 Å². The van der Waals surface area contributed by atoms with E-state index >= 15 is 0 Å². The minimum atomic E-state index is 0.995. The van der Waals surface area contributed by atoms with Crippen LogP contribution in [0.3, 0.4) is 0 Å². The lowest BCUT2D eigenvalue weighted by atomic mass is 9.81. The Hall–Kier alpha value is -5.20. The van der Waals surface area contributed by atoms with Crippen molar-refractivity contribution >= 4 is 43.1 Å². The van der Waals surface area contributed by atoms with Crippen LogP contribution in [0.2, 0.25) is 0 Å². The normalized spacial score (nSPS) is 12.3. The summed E-state index contributed by atoms with van der Waals surface area (Å²) in [4.78, 5) is 0. The molecule has 8 aromatic carbocycles. The quantitative estimate of drug-likeness (QED) is 0.200. The predicted molar refractivity (Wildman–Crippen MR) is 176 cm³/mol. The molecule has 0 saturated heterocycles. The number of fused-ring (bicyclic) bond motifs is 6. The highest BCUT2D eigenvalue weighted by atomic mass is 14.2. The average Bonchev–Trinajstić information content (AvgIpc) is 3.04. The van der Waals surface area contributed by atoms with E-state index < -0.39 is 0 Å². The SMILES string of the molecule is c1ccc2c(c1)Cc1ccc(-c3ccc4cc(-c5ccc6c(ccc7ccccc76)c5)ccc4c3)c3cccc-2c13. The van der Waals surface area contributed by atoms with Gasteiger partial charge in [-0.25, -0.2) is 0 Å². The fourth-order valence-corrected chi connectivity index (χ4v) is 7.03. The van der Waals surface area contributed by atoms with Crippen molar-refractivity contribution in [3.8, 4) is 33.4 Å². The first-order chi connectivity index (χ1) is 20.3. The Morgan fingerprint density at radius 2 is 0.951 bits per heavy atom. The average molecular weight is 519 g/mol. The third-order valence-electron chi connectivity index (χ3n) is 9.04. The molecule has 9 rings (SSSR count). The highest BCUT2D eigenvalue weighted by Gasteiger charge is 2.19. The van der Waals surface area contributed by atoms with Gasteiger partial charge in [0.2, 0.25) is 0 Å². The van der Waals surface area contributed by atoms with Gasteiger partial charge in [0.15, 0.2) is 0 Å². The molecule has 0 saturated carbocycles. The fourth-order valence-electron chi connectivity index (χ4n) is 7.03. The highest BCUT2D eigenvalue weighted by Crippen LogP contribution is 2.43. The summed E-state index contributed by atoms with van der Waals surface area (Å²) in [7, 11) is 0. The smallest absolute Gasteiger partial charge is 0.00132 e. The Morgan fingerprint density at radius 1 is 0.317 bits per heavy atom. The molecule has 0 amide bonds. The van der Waals surface area contributed by atoms with E-state index in [1.807, 2.05) is 0 Å². The van der Waals surface area contributed by atoms with Crippen molar-refractivity contribution in [2.24, 2.45) is 0 Å². The van der Waals surface area contributed by atoms with Crippen LogP contribution in [0, 0.1) is 0 Å². The van der Waals surface area contributed by atoms with E-state index in [9.17, 15) is 0 Å². The van der Waals surface area contributed by atoms with Crippen LogP contribution in [0.5, 0.6) is 0 Å². The van der Waals surface area contributed by atoms with Crippen molar-refractivity contribution < 1.29 is 0 Å². The number of hydrogen-bond acceptors (Lipinski definition) is 0. The summed E-state index contributed by atoms with van der Waals surface area (Å²) in [6.45, 7) is 0. The van der Waals surface area contributed by atoms with Crippen molar-refractivity contribution in [1.82, 2.24) is 0 Å². The van der Waals surface area contributed by atoms with Crippen LogP contribution in [0.4, 0.5) is 0 Å². The van der Waals surface area contributed by atoms with Crippen molar-refractivity contribution in [3.63, 3.8) is 0 Å². The highest BCUT2D eigenvalue weighted by molar-refractivity contribution is 6.10. The minimum Gasteiger partial charge on any atom is -0.0619 e. The van der Waals surface area contributed by atoms with Gasteiger partial charge in [0.1, 0.15) is 0 Å². The Labute approximate surface area is 239 Å². The molecule has 0 heteroatoms. The zero-order chi connectivity index (χ0) is 26.9. The van der Waals surface area contributed by atoms with Gasteiger partial charge in [0.05, 0.1) is 0 Å².